The molecule has 1 amide bonds. The van der Waals surface area contributed by atoms with Crippen LogP contribution >= 0.6 is 11.6 Å². The van der Waals surface area contributed by atoms with Crippen LogP contribution in [-0.2, 0) is 5.41 Å². The fourth-order valence-corrected chi connectivity index (χ4v) is 2.83. The third kappa shape index (κ3) is 4.06. The molecular formula is C20H19ClN4O2. The fourth-order valence-electron chi connectivity index (χ4n) is 2.63. The van der Waals surface area contributed by atoms with Crippen molar-refractivity contribution in [1.29, 1.82) is 0 Å². The number of H-pyrrole nitrogens is 1. The maximum Gasteiger partial charge on any atom is 0.348 e. The number of nitrogens with zero attached hydrogens (tertiary/aromatic N) is 2. The molecule has 3 rings (SSSR count). The van der Waals surface area contributed by atoms with Gasteiger partial charge in [0.1, 0.15) is 5.82 Å². The fraction of sp³-hybridized carbons (Fsp3) is 0.200. The summed E-state index contributed by atoms with van der Waals surface area (Å²) >= 11 is 6.24. The first-order valence-corrected chi connectivity index (χ1v) is 8.72. The molecule has 0 spiro atoms. The molecule has 0 fully saturated rings. The standard InChI is InChI=1S/C20H19ClN4O2/c1-20(2,3)13-6-4-5-12(9-13)17-23-18(25-19(27)24-17)14-10-11(16(22)26)7-8-15(14)21/h4-10H,1-3H3,(H2,22,26)(H,23,24,25,27). The number of primary amides is 1. The number of aromatic nitrogens is 3. The lowest BCUT2D eigenvalue weighted by Crippen LogP contribution is -2.16. The first-order valence-electron chi connectivity index (χ1n) is 8.34. The molecule has 0 saturated carbocycles. The van der Waals surface area contributed by atoms with Crippen LogP contribution in [0.5, 0.6) is 0 Å². The molecule has 1 aromatic heterocycles. The number of rotatable bonds is 3. The van der Waals surface area contributed by atoms with E-state index >= 15 is 0 Å². The van der Waals surface area contributed by atoms with Crippen LogP contribution in [0.15, 0.2) is 47.3 Å². The largest absolute Gasteiger partial charge is 0.366 e. The molecule has 6 nitrogen and oxygen atoms in total. The van der Waals surface area contributed by atoms with E-state index in [4.69, 9.17) is 17.3 Å². The molecule has 7 heteroatoms. The smallest absolute Gasteiger partial charge is 0.348 e. The average Bonchev–Trinajstić information content (AvgIpc) is 2.60. The highest BCUT2D eigenvalue weighted by atomic mass is 35.5. The van der Waals surface area contributed by atoms with E-state index in [1.807, 2.05) is 24.3 Å². The van der Waals surface area contributed by atoms with Crippen LogP contribution in [0, 0.1) is 0 Å². The number of benzene rings is 2. The molecule has 0 saturated heterocycles. The molecule has 0 aliphatic carbocycles. The highest BCUT2D eigenvalue weighted by Crippen LogP contribution is 2.28. The Labute approximate surface area is 161 Å². The maximum atomic E-state index is 12.1. The highest BCUT2D eigenvalue weighted by molar-refractivity contribution is 6.33. The van der Waals surface area contributed by atoms with Crippen molar-refractivity contribution in [2.45, 2.75) is 26.2 Å². The van der Waals surface area contributed by atoms with Crippen LogP contribution in [0.1, 0.15) is 36.7 Å². The Bertz CT molecular complexity index is 1080. The Kier molecular flexibility index (Phi) is 4.85. The van der Waals surface area contributed by atoms with E-state index in [-0.39, 0.29) is 22.6 Å². The molecule has 138 valence electrons. The van der Waals surface area contributed by atoms with Crippen molar-refractivity contribution in [2.75, 3.05) is 0 Å². The van der Waals surface area contributed by atoms with Crippen molar-refractivity contribution in [3.63, 3.8) is 0 Å². The Morgan fingerprint density at radius 2 is 1.85 bits per heavy atom. The van der Waals surface area contributed by atoms with Gasteiger partial charge in [0.25, 0.3) is 0 Å². The number of nitrogens with one attached hydrogen (secondary N) is 1. The molecule has 0 radical (unpaired) electrons. The summed E-state index contributed by atoms with van der Waals surface area (Å²) in [4.78, 5) is 34.6. The Balaban J connectivity index is 2.16. The van der Waals surface area contributed by atoms with Crippen molar-refractivity contribution >= 4 is 17.5 Å². The van der Waals surface area contributed by atoms with E-state index in [0.717, 1.165) is 11.1 Å². The van der Waals surface area contributed by atoms with Crippen LogP contribution in [0.3, 0.4) is 0 Å². The third-order valence-electron chi connectivity index (χ3n) is 4.14. The molecule has 3 aromatic rings. The van der Waals surface area contributed by atoms with Gasteiger partial charge in [-0.25, -0.2) is 9.78 Å². The van der Waals surface area contributed by atoms with E-state index in [9.17, 15) is 9.59 Å². The minimum absolute atomic E-state index is 0.0564. The lowest BCUT2D eigenvalue weighted by Gasteiger charge is -2.19. The zero-order valence-corrected chi connectivity index (χ0v) is 16.0. The van der Waals surface area contributed by atoms with E-state index in [1.54, 1.807) is 0 Å². The van der Waals surface area contributed by atoms with Crippen molar-refractivity contribution < 1.29 is 4.79 Å². The van der Waals surface area contributed by atoms with Gasteiger partial charge in [0, 0.05) is 16.7 Å². The molecule has 0 aliphatic heterocycles. The molecule has 0 aliphatic rings. The van der Waals surface area contributed by atoms with Gasteiger partial charge in [0.2, 0.25) is 5.91 Å². The number of amides is 1. The SMILES string of the molecule is CC(C)(C)c1cccc(-c2nc(-c3cc(C(N)=O)ccc3Cl)[nH]c(=O)n2)c1. The van der Waals surface area contributed by atoms with Crippen molar-refractivity contribution in [2.24, 2.45) is 5.73 Å². The second kappa shape index (κ2) is 6.96. The van der Waals surface area contributed by atoms with Gasteiger partial charge in [-0.1, -0.05) is 50.6 Å². The van der Waals surface area contributed by atoms with Crippen molar-refractivity contribution in [3.8, 4) is 22.8 Å². The average molecular weight is 383 g/mol. The lowest BCUT2D eigenvalue weighted by atomic mass is 9.86. The second-order valence-electron chi connectivity index (χ2n) is 7.22. The van der Waals surface area contributed by atoms with Crippen molar-refractivity contribution in [1.82, 2.24) is 15.0 Å². The monoisotopic (exact) mass is 382 g/mol. The maximum absolute atomic E-state index is 12.1. The summed E-state index contributed by atoms with van der Waals surface area (Å²) in [5.74, 6) is -0.0953. The zero-order chi connectivity index (χ0) is 19.8. The molecule has 0 unspecified atom stereocenters. The van der Waals surface area contributed by atoms with Crippen molar-refractivity contribution in [3.05, 3.63) is 69.1 Å². The number of nitrogens with two attached hydrogens (primary N) is 1. The topological polar surface area (TPSA) is 102 Å². The molecule has 3 N–H and O–H groups in total. The summed E-state index contributed by atoms with van der Waals surface area (Å²) in [5.41, 5.74) is 7.21. The predicted octanol–water partition coefficient (Wildman–Crippen LogP) is 3.55. The predicted molar refractivity (Wildman–Crippen MR) is 106 cm³/mol. The summed E-state index contributed by atoms with van der Waals surface area (Å²) in [5, 5.41) is 0.337. The summed E-state index contributed by atoms with van der Waals surface area (Å²) in [6.07, 6.45) is 0. The van der Waals surface area contributed by atoms with Gasteiger partial charge >= 0.3 is 5.69 Å². The minimum atomic E-state index is -0.595. The lowest BCUT2D eigenvalue weighted by molar-refractivity contribution is 0.100. The first-order chi connectivity index (χ1) is 12.6. The molecule has 27 heavy (non-hydrogen) atoms. The minimum Gasteiger partial charge on any atom is -0.366 e. The summed E-state index contributed by atoms with van der Waals surface area (Å²) in [7, 11) is 0. The van der Waals surface area contributed by atoms with Gasteiger partial charge < -0.3 is 5.73 Å². The molecule has 0 atom stereocenters. The van der Waals surface area contributed by atoms with E-state index in [1.165, 1.54) is 18.2 Å². The summed E-state index contributed by atoms with van der Waals surface area (Å²) in [6, 6.07) is 12.3. The number of carbonyl (C=O) groups excluding carboxylic acids is 1. The van der Waals surface area contributed by atoms with E-state index in [2.05, 4.69) is 35.7 Å². The quantitative estimate of drug-likeness (QED) is 0.723. The Hall–Kier alpha value is -2.99. The van der Waals surface area contributed by atoms with Gasteiger partial charge in [-0.2, -0.15) is 4.98 Å². The number of carbonyl (C=O) groups is 1. The third-order valence-corrected chi connectivity index (χ3v) is 4.47. The van der Waals surface area contributed by atoms with Gasteiger partial charge in [0.05, 0.1) is 5.02 Å². The number of hydrogen-bond acceptors (Lipinski definition) is 4. The van der Waals surface area contributed by atoms with Gasteiger partial charge in [-0.3, -0.25) is 9.78 Å². The zero-order valence-electron chi connectivity index (χ0n) is 15.2. The Morgan fingerprint density at radius 1 is 1.11 bits per heavy atom. The molecule has 0 bridgehead atoms. The summed E-state index contributed by atoms with van der Waals surface area (Å²) in [6.45, 7) is 6.31. The van der Waals surface area contributed by atoms with Crippen LogP contribution in [0.4, 0.5) is 0 Å². The Morgan fingerprint density at radius 3 is 2.52 bits per heavy atom. The number of hydrogen-bond donors (Lipinski definition) is 2. The number of aromatic amines is 1. The molecular weight excluding hydrogens is 364 g/mol. The van der Waals surface area contributed by atoms with Gasteiger partial charge in [0.15, 0.2) is 5.82 Å². The molecule has 1 heterocycles. The van der Waals surface area contributed by atoms with E-state index < -0.39 is 11.6 Å². The second-order valence-corrected chi connectivity index (χ2v) is 7.62. The van der Waals surface area contributed by atoms with Gasteiger partial charge in [-0.15, -0.1) is 0 Å². The highest BCUT2D eigenvalue weighted by Gasteiger charge is 2.16. The van der Waals surface area contributed by atoms with Crippen LogP contribution < -0.4 is 11.4 Å². The molecule has 2 aromatic carbocycles. The summed E-state index contributed by atoms with van der Waals surface area (Å²) < 4.78 is 0. The van der Waals surface area contributed by atoms with E-state index in [0.29, 0.717) is 10.6 Å². The number of halogens is 1. The van der Waals surface area contributed by atoms with Crippen LogP contribution in [0.2, 0.25) is 5.02 Å². The van der Waals surface area contributed by atoms with Crippen LogP contribution in [-0.4, -0.2) is 20.9 Å². The van der Waals surface area contributed by atoms with Gasteiger partial charge in [-0.05, 0) is 35.2 Å². The van der Waals surface area contributed by atoms with Crippen LogP contribution in [0.25, 0.3) is 22.8 Å². The normalized spacial score (nSPS) is 11.4. The first kappa shape index (κ1) is 18.8.